The summed E-state index contributed by atoms with van der Waals surface area (Å²) in [6.07, 6.45) is -0.964. The molecule has 7 heteroatoms. The van der Waals surface area contributed by atoms with Crippen molar-refractivity contribution in [2.75, 3.05) is 18.6 Å². The van der Waals surface area contributed by atoms with Crippen LogP contribution >= 0.6 is 0 Å². The van der Waals surface area contributed by atoms with Gasteiger partial charge >= 0.3 is 11.6 Å². The number of carbonyl (C=O) groups is 2. The van der Waals surface area contributed by atoms with E-state index in [1.807, 2.05) is 25.1 Å². The van der Waals surface area contributed by atoms with Gasteiger partial charge in [0.25, 0.3) is 5.91 Å². The van der Waals surface area contributed by atoms with Crippen LogP contribution in [0.5, 0.6) is 5.75 Å². The first kappa shape index (κ1) is 20.1. The molecule has 0 spiro atoms. The maximum atomic E-state index is 12.4. The highest BCUT2D eigenvalue weighted by Crippen LogP contribution is 2.22. The van der Waals surface area contributed by atoms with E-state index in [-0.39, 0.29) is 12.5 Å². The van der Waals surface area contributed by atoms with E-state index >= 15 is 0 Å². The number of benzene rings is 2. The number of fused-ring (bicyclic) bond motifs is 1. The number of anilines is 1. The summed E-state index contributed by atoms with van der Waals surface area (Å²) in [4.78, 5) is 37.4. The smallest absolute Gasteiger partial charge is 0.344 e. The summed E-state index contributed by atoms with van der Waals surface area (Å²) in [5.41, 5.74) is 1.40. The van der Waals surface area contributed by atoms with Crippen LogP contribution in [0.15, 0.2) is 63.8 Å². The van der Waals surface area contributed by atoms with Crippen LogP contribution in [-0.4, -0.2) is 31.6 Å². The number of amides is 1. The van der Waals surface area contributed by atoms with Gasteiger partial charge in [0.1, 0.15) is 11.3 Å². The van der Waals surface area contributed by atoms with Crippen LogP contribution in [0.2, 0.25) is 0 Å². The number of nitrogens with zero attached hydrogens (tertiary/aromatic N) is 1. The third-order valence-electron chi connectivity index (χ3n) is 4.41. The molecule has 0 aliphatic rings. The number of esters is 1. The fourth-order valence-corrected chi connectivity index (χ4v) is 2.87. The van der Waals surface area contributed by atoms with Gasteiger partial charge in [-0.15, -0.1) is 0 Å². The van der Waals surface area contributed by atoms with Crippen LogP contribution in [0.3, 0.4) is 0 Å². The van der Waals surface area contributed by atoms with Crippen LogP contribution in [0.4, 0.5) is 5.69 Å². The second kappa shape index (κ2) is 8.60. The molecule has 0 aliphatic heterocycles. The number of hydrogen-bond acceptors (Lipinski definition) is 6. The van der Waals surface area contributed by atoms with Gasteiger partial charge in [0.15, 0.2) is 12.7 Å². The highest BCUT2D eigenvalue weighted by molar-refractivity contribution is 5.96. The van der Waals surface area contributed by atoms with Crippen molar-refractivity contribution < 1.29 is 23.5 Å². The molecule has 29 heavy (non-hydrogen) atoms. The van der Waals surface area contributed by atoms with Crippen LogP contribution in [0.1, 0.15) is 12.5 Å². The maximum Gasteiger partial charge on any atom is 0.344 e. The molecule has 3 rings (SSSR count). The lowest BCUT2D eigenvalue weighted by atomic mass is 10.1. The lowest BCUT2D eigenvalue weighted by Crippen LogP contribution is -2.38. The first-order valence-electron chi connectivity index (χ1n) is 9.04. The first-order valence-corrected chi connectivity index (χ1v) is 9.04. The maximum absolute atomic E-state index is 12.4. The monoisotopic (exact) mass is 395 g/mol. The second-order valence-corrected chi connectivity index (χ2v) is 6.56. The molecule has 0 saturated heterocycles. The van der Waals surface area contributed by atoms with E-state index in [4.69, 9.17) is 13.9 Å². The van der Waals surface area contributed by atoms with Crippen molar-refractivity contribution in [3.8, 4) is 5.75 Å². The quantitative estimate of drug-likeness (QED) is 0.471. The molecule has 0 radical (unpaired) electrons. The Hall–Kier alpha value is -3.61. The minimum absolute atomic E-state index is 0.351. The fraction of sp³-hybridized carbons (Fsp3) is 0.227. The number of carbonyl (C=O) groups excluding carboxylic acids is 2. The van der Waals surface area contributed by atoms with Gasteiger partial charge in [0, 0.05) is 30.3 Å². The molecular weight excluding hydrogens is 374 g/mol. The number of likely N-dealkylation sites (N-methyl/N-ethyl adjacent to an activating group) is 1. The van der Waals surface area contributed by atoms with Crippen molar-refractivity contribution in [2.45, 2.75) is 20.0 Å². The summed E-state index contributed by atoms with van der Waals surface area (Å²) in [7, 11) is 1.61. The molecule has 2 aromatic carbocycles. The zero-order valence-corrected chi connectivity index (χ0v) is 16.4. The highest BCUT2D eigenvalue weighted by Gasteiger charge is 2.22. The van der Waals surface area contributed by atoms with Crippen LogP contribution in [0, 0.1) is 6.92 Å². The average Bonchev–Trinajstić information content (AvgIpc) is 2.71. The lowest BCUT2D eigenvalue weighted by molar-refractivity contribution is -0.155. The number of rotatable bonds is 6. The molecule has 0 saturated carbocycles. The summed E-state index contributed by atoms with van der Waals surface area (Å²) < 4.78 is 15.7. The van der Waals surface area contributed by atoms with E-state index in [0.717, 1.165) is 10.9 Å². The second-order valence-electron chi connectivity index (χ2n) is 6.56. The van der Waals surface area contributed by atoms with Gasteiger partial charge in [-0.1, -0.05) is 18.2 Å². The predicted molar refractivity (Wildman–Crippen MR) is 108 cm³/mol. The molecule has 0 bridgehead atoms. The van der Waals surface area contributed by atoms with Gasteiger partial charge in [0.2, 0.25) is 0 Å². The molecule has 0 unspecified atom stereocenters. The van der Waals surface area contributed by atoms with Crippen molar-refractivity contribution in [3.05, 3.63) is 70.6 Å². The van der Waals surface area contributed by atoms with Crippen molar-refractivity contribution >= 4 is 28.5 Å². The normalized spacial score (nSPS) is 11.7. The van der Waals surface area contributed by atoms with Gasteiger partial charge in [-0.2, -0.15) is 0 Å². The van der Waals surface area contributed by atoms with E-state index in [2.05, 4.69) is 0 Å². The van der Waals surface area contributed by atoms with E-state index in [0.29, 0.717) is 17.0 Å². The summed E-state index contributed by atoms with van der Waals surface area (Å²) >= 11 is 0. The molecular formula is C22H21NO6. The van der Waals surface area contributed by atoms with Gasteiger partial charge < -0.3 is 18.8 Å². The van der Waals surface area contributed by atoms with Crippen LogP contribution in [-0.2, 0) is 14.3 Å². The molecule has 1 atom stereocenters. The number of hydrogen-bond donors (Lipinski definition) is 0. The third-order valence-corrected chi connectivity index (χ3v) is 4.41. The molecule has 3 aromatic rings. The van der Waals surface area contributed by atoms with E-state index in [1.54, 1.807) is 31.3 Å². The standard InChI is InChI=1S/C22H21NO6/c1-14-11-20(24)29-19-12-17(9-10-18(14)19)27-13-21(25)28-15(2)22(26)23(3)16-7-5-4-6-8-16/h4-12,15H,13H2,1-3H3/t15-/m0/s1. The lowest BCUT2D eigenvalue weighted by Gasteiger charge is -2.21. The van der Waals surface area contributed by atoms with E-state index in [1.165, 1.54) is 24.0 Å². The van der Waals surface area contributed by atoms with E-state index in [9.17, 15) is 14.4 Å². The van der Waals surface area contributed by atoms with Gasteiger partial charge in [-0.05, 0) is 43.7 Å². The van der Waals surface area contributed by atoms with Gasteiger partial charge in [-0.25, -0.2) is 9.59 Å². The summed E-state index contributed by atoms with van der Waals surface area (Å²) in [6.45, 7) is 2.93. The Morgan fingerprint density at radius 1 is 1.10 bits per heavy atom. The predicted octanol–water partition coefficient (Wildman–Crippen LogP) is 3.07. The Morgan fingerprint density at radius 2 is 1.83 bits per heavy atom. The van der Waals surface area contributed by atoms with Crippen molar-refractivity contribution in [1.82, 2.24) is 0 Å². The minimum atomic E-state index is -0.964. The fourth-order valence-electron chi connectivity index (χ4n) is 2.87. The largest absolute Gasteiger partial charge is 0.482 e. The van der Waals surface area contributed by atoms with Crippen molar-refractivity contribution in [1.29, 1.82) is 0 Å². The Kier molecular flexibility index (Phi) is 5.97. The number of ether oxygens (including phenoxy) is 2. The highest BCUT2D eigenvalue weighted by atomic mass is 16.6. The number of aryl methyl sites for hydroxylation is 1. The average molecular weight is 395 g/mol. The molecule has 0 aliphatic carbocycles. The molecule has 150 valence electrons. The topological polar surface area (TPSA) is 86.0 Å². The van der Waals surface area contributed by atoms with Gasteiger partial charge in [-0.3, -0.25) is 4.79 Å². The summed E-state index contributed by atoms with van der Waals surface area (Å²) in [5.74, 6) is -0.686. The van der Waals surface area contributed by atoms with Crippen LogP contribution < -0.4 is 15.3 Å². The van der Waals surface area contributed by atoms with Crippen molar-refractivity contribution in [2.24, 2.45) is 0 Å². The summed E-state index contributed by atoms with van der Waals surface area (Å²) in [5, 5.41) is 0.780. The molecule has 7 nitrogen and oxygen atoms in total. The zero-order chi connectivity index (χ0) is 21.0. The van der Waals surface area contributed by atoms with Crippen LogP contribution in [0.25, 0.3) is 11.0 Å². The molecule has 0 fully saturated rings. The Bertz CT molecular complexity index is 1090. The Morgan fingerprint density at radius 3 is 2.55 bits per heavy atom. The summed E-state index contributed by atoms with van der Waals surface area (Å²) in [6, 6.07) is 15.4. The minimum Gasteiger partial charge on any atom is -0.482 e. The molecule has 0 N–H and O–H groups in total. The third kappa shape index (κ3) is 4.82. The van der Waals surface area contributed by atoms with E-state index < -0.39 is 17.7 Å². The first-order chi connectivity index (χ1) is 13.8. The molecule has 1 aromatic heterocycles. The Labute approximate surface area is 167 Å². The van der Waals surface area contributed by atoms with Crippen molar-refractivity contribution in [3.63, 3.8) is 0 Å². The molecule has 1 amide bonds. The molecule has 1 heterocycles. The Balaban J connectivity index is 1.58. The van der Waals surface area contributed by atoms with Gasteiger partial charge in [0.05, 0.1) is 0 Å². The number of para-hydroxylation sites is 1. The SMILES string of the molecule is Cc1cc(=O)oc2cc(OCC(=O)O[C@@H](C)C(=O)N(C)c3ccccc3)ccc12. The zero-order valence-electron chi connectivity index (χ0n) is 16.4.